The maximum Gasteiger partial charge on any atom is 0.0948 e. The summed E-state index contributed by atoms with van der Waals surface area (Å²) >= 11 is 0. The summed E-state index contributed by atoms with van der Waals surface area (Å²) in [6, 6.07) is 8.39. The predicted octanol–water partition coefficient (Wildman–Crippen LogP) is 2.28. The minimum absolute atomic E-state index is 0.205. The van der Waals surface area contributed by atoms with Crippen LogP contribution in [0, 0.1) is 5.92 Å². The zero-order chi connectivity index (χ0) is 11.5. The molecular formula is C14H21NO. The second kappa shape index (κ2) is 4.98. The highest BCUT2D eigenvalue weighted by atomic mass is 16.3. The standard InChI is InChI=1S/C14H21NO/c1-10(2)7-8-15-13-9-11-5-3-4-6-12(11)14(13)16/h3-6,10,13-16H,7-9H2,1-2H3/t13-,14+/m0/s1. The van der Waals surface area contributed by atoms with Crippen molar-refractivity contribution in [2.45, 2.75) is 38.8 Å². The Kier molecular flexibility index (Phi) is 3.62. The van der Waals surface area contributed by atoms with E-state index in [9.17, 15) is 5.11 Å². The molecule has 2 atom stereocenters. The van der Waals surface area contributed by atoms with Crippen molar-refractivity contribution in [3.8, 4) is 0 Å². The lowest BCUT2D eigenvalue weighted by molar-refractivity contribution is 0.141. The topological polar surface area (TPSA) is 32.3 Å². The summed E-state index contributed by atoms with van der Waals surface area (Å²) in [4.78, 5) is 0. The van der Waals surface area contributed by atoms with Crippen molar-refractivity contribution >= 4 is 0 Å². The third kappa shape index (κ3) is 2.45. The molecule has 0 saturated heterocycles. The summed E-state index contributed by atoms with van der Waals surface area (Å²) in [5, 5.41) is 13.6. The first-order chi connectivity index (χ1) is 7.68. The van der Waals surface area contributed by atoms with Gasteiger partial charge in [-0.25, -0.2) is 0 Å². The van der Waals surface area contributed by atoms with E-state index in [0.29, 0.717) is 5.92 Å². The van der Waals surface area contributed by atoms with Crippen LogP contribution >= 0.6 is 0 Å². The van der Waals surface area contributed by atoms with Crippen LogP contribution in [0.4, 0.5) is 0 Å². The van der Waals surface area contributed by atoms with E-state index < -0.39 is 0 Å². The molecule has 88 valence electrons. The molecule has 1 aliphatic rings. The predicted molar refractivity (Wildman–Crippen MR) is 66.4 cm³/mol. The van der Waals surface area contributed by atoms with Crippen molar-refractivity contribution in [3.63, 3.8) is 0 Å². The molecule has 0 heterocycles. The highest BCUT2D eigenvalue weighted by Crippen LogP contribution is 2.30. The fourth-order valence-electron chi connectivity index (χ4n) is 2.32. The smallest absolute Gasteiger partial charge is 0.0948 e. The Labute approximate surface area is 97.7 Å². The summed E-state index contributed by atoms with van der Waals surface area (Å²) in [5.74, 6) is 0.716. The number of aliphatic hydroxyl groups is 1. The van der Waals surface area contributed by atoms with Crippen LogP contribution in [-0.2, 0) is 6.42 Å². The Morgan fingerprint density at radius 1 is 1.38 bits per heavy atom. The number of benzene rings is 1. The molecule has 2 rings (SSSR count). The van der Waals surface area contributed by atoms with Gasteiger partial charge in [0.1, 0.15) is 0 Å². The van der Waals surface area contributed by atoms with Crippen molar-refractivity contribution in [2.75, 3.05) is 6.54 Å². The van der Waals surface area contributed by atoms with E-state index in [-0.39, 0.29) is 12.1 Å². The van der Waals surface area contributed by atoms with Crippen LogP contribution in [0.25, 0.3) is 0 Å². The van der Waals surface area contributed by atoms with Gasteiger partial charge in [0.25, 0.3) is 0 Å². The van der Waals surface area contributed by atoms with Gasteiger partial charge in [0, 0.05) is 6.04 Å². The molecule has 0 bridgehead atoms. The van der Waals surface area contributed by atoms with E-state index in [1.165, 1.54) is 12.0 Å². The van der Waals surface area contributed by atoms with E-state index >= 15 is 0 Å². The maximum atomic E-state index is 10.1. The van der Waals surface area contributed by atoms with Crippen LogP contribution in [0.5, 0.6) is 0 Å². The van der Waals surface area contributed by atoms with Gasteiger partial charge in [-0.15, -0.1) is 0 Å². The molecule has 1 aromatic rings. The first kappa shape index (κ1) is 11.6. The molecule has 0 aromatic heterocycles. The second-order valence-corrected chi connectivity index (χ2v) is 5.09. The first-order valence-electron chi connectivity index (χ1n) is 6.17. The lowest BCUT2D eigenvalue weighted by Crippen LogP contribution is -2.34. The summed E-state index contributed by atoms with van der Waals surface area (Å²) in [6.07, 6.45) is 1.79. The summed E-state index contributed by atoms with van der Waals surface area (Å²) in [5.41, 5.74) is 2.39. The van der Waals surface area contributed by atoms with E-state index in [0.717, 1.165) is 18.5 Å². The van der Waals surface area contributed by atoms with Gasteiger partial charge in [-0.1, -0.05) is 38.1 Å². The van der Waals surface area contributed by atoms with E-state index in [1.54, 1.807) is 0 Å². The summed E-state index contributed by atoms with van der Waals surface area (Å²) < 4.78 is 0. The number of rotatable bonds is 4. The van der Waals surface area contributed by atoms with Crippen LogP contribution in [0.3, 0.4) is 0 Å². The number of hydrogen-bond donors (Lipinski definition) is 2. The van der Waals surface area contributed by atoms with Crippen molar-refractivity contribution in [1.29, 1.82) is 0 Å². The van der Waals surface area contributed by atoms with E-state index in [1.807, 2.05) is 18.2 Å². The Bertz CT molecular complexity index is 348. The molecule has 0 unspecified atom stereocenters. The fraction of sp³-hybridized carbons (Fsp3) is 0.571. The zero-order valence-electron chi connectivity index (χ0n) is 10.1. The number of hydrogen-bond acceptors (Lipinski definition) is 2. The molecule has 0 aliphatic heterocycles. The van der Waals surface area contributed by atoms with Crippen molar-refractivity contribution in [2.24, 2.45) is 5.92 Å². The Hall–Kier alpha value is -0.860. The monoisotopic (exact) mass is 219 g/mol. The van der Waals surface area contributed by atoms with Crippen LogP contribution < -0.4 is 5.32 Å². The molecule has 1 aliphatic carbocycles. The van der Waals surface area contributed by atoms with Crippen molar-refractivity contribution in [3.05, 3.63) is 35.4 Å². The molecule has 2 heteroatoms. The molecule has 0 radical (unpaired) electrons. The second-order valence-electron chi connectivity index (χ2n) is 5.09. The average molecular weight is 219 g/mol. The van der Waals surface area contributed by atoms with Crippen LogP contribution in [0.1, 0.15) is 37.5 Å². The van der Waals surface area contributed by atoms with Gasteiger partial charge >= 0.3 is 0 Å². The van der Waals surface area contributed by atoms with Gasteiger partial charge in [0.15, 0.2) is 0 Å². The Morgan fingerprint density at radius 3 is 2.81 bits per heavy atom. The molecule has 0 saturated carbocycles. The molecule has 2 nitrogen and oxygen atoms in total. The molecule has 0 amide bonds. The molecule has 2 N–H and O–H groups in total. The number of nitrogens with one attached hydrogen (secondary N) is 1. The van der Waals surface area contributed by atoms with Gasteiger partial charge in [0.05, 0.1) is 6.10 Å². The molecule has 1 aromatic carbocycles. The lowest BCUT2D eigenvalue weighted by atomic mass is 10.1. The number of aliphatic hydroxyl groups excluding tert-OH is 1. The minimum Gasteiger partial charge on any atom is -0.387 e. The van der Waals surface area contributed by atoms with Gasteiger partial charge in [-0.3, -0.25) is 0 Å². The highest BCUT2D eigenvalue weighted by molar-refractivity contribution is 5.35. The van der Waals surface area contributed by atoms with Crippen LogP contribution in [0.15, 0.2) is 24.3 Å². The number of fused-ring (bicyclic) bond motifs is 1. The van der Waals surface area contributed by atoms with Crippen LogP contribution in [-0.4, -0.2) is 17.7 Å². The highest BCUT2D eigenvalue weighted by Gasteiger charge is 2.29. The quantitative estimate of drug-likeness (QED) is 0.814. The largest absolute Gasteiger partial charge is 0.387 e. The van der Waals surface area contributed by atoms with Gasteiger partial charge in [0.2, 0.25) is 0 Å². The molecule has 16 heavy (non-hydrogen) atoms. The molecule has 0 fully saturated rings. The summed E-state index contributed by atoms with van der Waals surface area (Å²) in [6.45, 7) is 5.44. The summed E-state index contributed by atoms with van der Waals surface area (Å²) in [7, 11) is 0. The first-order valence-corrected chi connectivity index (χ1v) is 6.17. The van der Waals surface area contributed by atoms with E-state index in [2.05, 4.69) is 25.2 Å². The van der Waals surface area contributed by atoms with Gasteiger partial charge in [-0.2, -0.15) is 0 Å². The minimum atomic E-state index is -0.330. The zero-order valence-corrected chi connectivity index (χ0v) is 10.1. The molecule has 0 spiro atoms. The Balaban J connectivity index is 1.92. The van der Waals surface area contributed by atoms with Crippen molar-refractivity contribution in [1.82, 2.24) is 5.32 Å². The fourth-order valence-corrected chi connectivity index (χ4v) is 2.32. The molecular weight excluding hydrogens is 198 g/mol. The van der Waals surface area contributed by atoms with Gasteiger partial charge < -0.3 is 10.4 Å². The van der Waals surface area contributed by atoms with Crippen molar-refractivity contribution < 1.29 is 5.11 Å². The normalized spacial score (nSPS) is 23.8. The third-order valence-electron chi connectivity index (χ3n) is 3.32. The SMILES string of the molecule is CC(C)CCN[C@H]1Cc2ccccc2[C@H]1O. The van der Waals surface area contributed by atoms with Crippen LogP contribution in [0.2, 0.25) is 0 Å². The van der Waals surface area contributed by atoms with E-state index in [4.69, 9.17) is 0 Å². The third-order valence-corrected chi connectivity index (χ3v) is 3.32. The Morgan fingerprint density at radius 2 is 2.12 bits per heavy atom. The maximum absolute atomic E-state index is 10.1. The average Bonchev–Trinajstić information content (AvgIpc) is 2.56. The van der Waals surface area contributed by atoms with Gasteiger partial charge in [-0.05, 0) is 36.4 Å². The lowest BCUT2D eigenvalue weighted by Gasteiger charge is -2.17.